The Morgan fingerprint density at radius 1 is 0.958 bits per heavy atom. The molecule has 0 saturated carbocycles. The van der Waals surface area contributed by atoms with Crippen molar-refractivity contribution in [3.05, 3.63) is 35.4 Å². The van der Waals surface area contributed by atoms with Gasteiger partial charge in [0, 0.05) is 32.1 Å². The van der Waals surface area contributed by atoms with Crippen LogP contribution in [0.25, 0.3) is 0 Å². The SMILES string of the molecule is CC(=O)NCc1ccc(C(=O)N(CCC(C)C)CCC(C)C)cc1. The lowest BCUT2D eigenvalue weighted by molar-refractivity contribution is -0.119. The number of carbonyl (C=O) groups is 2. The lowest BCUT2D eigenvalue weighted by Crippen LogP contribution is -2.34. The quantitative estimate of drug-likeness (QED) is 0.746. The summed E-state index contributed by atoms with van der Waals surface area (Å²) in [6.07, 6.45) is 2.04. The summed E-state index contributed by atoms with van der Waals surface area (Å²) in [7, 11) is 0. The Morgan fingerprint density at radius 3 is 1.88 bits per heavy atom. The Balaban J connectivity index is 2.74. The van der Waals surface area contributed by atoms with Crippen LogP contribution >= 0.6 is 0 Å². The number of hydrogen-bond acceptors (Lipinski definition) is 2. The number of nitrogens with one attached hydrogen (secondary N) is 1. The van der Waals surface area contributed by atoms with Gasteiger partial charge in [0.05, 0.1) is 0 Å². The van der Waals surface area contributed by atoms with Gasteiger partial charge in [-0.25, -0.2) is 0 Å². The minimum Gasteiger partial charge on any atom is -0.352 e. The highest BCUT2D eigenvalue weighted by atomic mass is 16.2. The molecule has 0 fully saturated rings. The Bertz CT molecular complexity index is 509. The summed E-state index contributed by atoms with van der Waals surface area (Å²) in [6.45, 7) is 12.3. The molecule has 0 atom stereocenters. The first kappa shape index (κ1) is 20.2. The van der Waals surface area contributed by atoms with E-state index in [0.717, 1.165) is 31.5 Å². The average Bonchev–Trinajstić information content (AvgIpc) is 2.52. The number of benzene rings is 1. The van der Waals surface area contributed by atoms with Crippen molar-refractivity contribution in [3.8, 4) is 0 Å². The molecule has 0 spiro atoms. The maximum absolute atomic E-state index is 12.8. The molecule has 0 aliphatic carbocycles. The van der Waals surface area contributed by atoms with E-state index in [2.05, 4.69) is 33.0 Å². The van der Waals surface area contributed by atoms with Crippen molar-refractivity contribution in [1.82, 2.24) is 10.2 Å². The summed E-state index contributed by atoms with van der Waals surface area (Å²) in [5.74, 6) is 1.21. The van der Waals surface area contributed by atoms with Gasteiger partial charge in [0.25, 0.3) is 5.91 Å². The van der Waals surface area contributed by atoms with E-state index in [-0.39, 0.29) is 11.8 Å². The molecule has 1 rings (SSSR count). The van der Waals surface area contributed by atoms with Crippen LogP contribution in [0.4, 0.5) is 0 Å². The van der Waals surface area contributed by atoms with Crippen LogP contribution in [0.2, 0.25) is 0 Å². The zero-order chi connectivity index (χ0) is 18.1. The van der Waals surface area contributed by atoms with Gasteiger partial charge in [-0.1, -0.05) is 39.8 Å². The molecular formula is C20H32N2O2. The smallest absolute Gasteiger partial charge is 0.253 e. The minimum absolute atomic E-state index is 0.0521. The van der Waals surface area contributed by atoms with Crippen molar-refractivity contribution in [2.45, 2.75) is 54.0 Å². The topological polar surface area (TPSA) is 49.4 Å². The molecule has 0 radical (unpaired) electrons. The summed E-state index contributed by atoms with van der Waals surface area (Å²) in [5, 5.41) is 2.76. The second-order valence-electron chi connectivity index (χ2n) is 7.26. The third-order valence-electron chi connectivity index (χ3n) is 3.98. The first-order chi connectivity index (χ1) is 11.3. The van der Waals surface area contributed by atoms with Crippen LogP contribution < -0.4 is 5.32 Å². The fourth-order valence-electron chi connectivity index (χ4n) is 2.32. The normalized spacial score (nSPS) is 11.0. The zero-order valence-electron chi connectivity index (χ0n) is 15.8. The molecule has 0 aliphatic rings. The lowest BCUT2D eigenvalue weighted by atomic mass is 10.1. The number of amides is 2. The highest BCUT2D eigenvalue weighted by Crippen LogP contribution is 2.12. The van der Waals surface area contributed by atoms with Gasteiger partial charge in [0.1, 0.15) is 0 Å². The van der Waals surface area contributed by atoms with Gasteiger partial charge in [-0.15, -0.1) is 0 Å². The van der Waals surface area contributed by atoms with Gasteiger partial charge in [-0.2, -0.15) is 0 Å². The van der Waals surface area contributed by atoms with Crippen LogP contribution in [0.5, 0.6) is 0 Å². The molecule has 0 unspecified atom stereocenters. The van der Waals surface area contributed by atoms with E-state index < -0.39 is 0 Å². The predicted octanol–water partition coefficient (Wildman–Crippen LogP) is 3.86. The molecule has 0 saturated heterocycles. The van der Waals surface area contributed by atoms with Crippen molar-refractivity contribution in [1.29, 1.82) is 0 Å². The average molecular weight is 332 g/mol. The molecule has 0 aliphatic heterocycles. The van der Waals surface area contributed by atoms with Crippen LogP contribution in [0.15, 0.2) is 24.3 Å². The van der Waals surface area contributed by atoms with Crippen molar-refractivity contribution in [2.75, 3.05) is 13.1 Å². The fourth-order valence-corrected chi connectivity index (χ4v) is 2.32. The molecule has 24 heavy (non-hydrogen) atoms. The molecule has 0 bridgehead atoms. The molecular weight excluding hydrogens is 300 g/mol. The Kier molecular flexibility index (Phi) is 8.51. The van der Waals surface area contributed by atoms with Gasteiger partial charge < -0.3 is 10.2 Å². The van der Waals surface area contributed by atoms with Crippen LogP contribution in [0.3, 0.4) is 0 Å². The molecule has 1 aromatic carbocycles. The number of rotatable bonds is 9. The van der Waals surface area contributed by atoms with Gasteiger partial charge in [-0.3, -0.25) is 9.59 Å². The van der Waals surface area contributed by atoms with E-state index in [4.69, 9.17) is 0 Å². The molecule has 2 amide bonds. The summed E-state index contributed by atoms with van der Waals surface area (Å²) in [4.78, 5) is 25.7. The largest absolute Gasteiger partial charge is 0.352 e. The highest BCUT2D eigenvalue weighted by molar-refractivity contribution is 5.94. The molecule has 4 heteroatoms. The first-order valence-corrected chi connectivity index (χ1v) is 8.92. The molecule has 0 heterocycles. The van der Waals surface area contributed by atoms with Gasteiger partial charge in [0.15, 0.2) is 0 Å². The van der Waals surface area contributed by atoms with Gasteiger partial charge in [0.2, 0.25) is 5.91 Å². The van der Waals surface area contributed by atoms with Crippen molar-refractivity contribution in [2.24, 2.45) is 11.8 Å². The van der Waals surface area contributed by atoms with E-state index in [0.29, 0.717) is 23.9 Å². The Morgan fingerprint density at radius 2 is 1.46 bits per heavy atom. The number of carbonyl (C=O) groups excluding carboxylic acids is 2. The second-order valence-corrected chi connectivity index (χ2v) is 7.26. The maximum Gasteiger partial charge on any atom is 0.253 e. The van der Waals surface area contributed by atoms with Gasteiger partial charge in [-0.05, 0) is 42.4 Å². The molecule has 134 valence electrons. The fraction of sp³-hybridized carbons (Fsp3) is 0.600. The predicted molar refractivity (Wildman–Crippen MR) is 98.8 cm³/mol. The standard InChI is InChI=1S/C20H32N2O2/c1-15(2)10-12-22(13-11-16(3)4)20(24)19-8-6-18(7-9-19)14-21-17(5)23/h6-9,15-16H,10-14H2,1-5H3,(H,21,23). The van der Waals surface area contributed by atoms with Gasteiger partial charge >= 0.3 is 0 Å². The Labute approximate surface area is 146 Å². The van der Waals surface area contributed by atoms with Crippen LogP contribution in [-0.2, 0) is 11.3 Å². The number of nitrogens with zero attached hydrogens (tertiary/aromatic N) is 1. The van der Waals surface area contributed by atoms with E-state index in [1.807, 2.05) is 29.2 Å². The van der Waals surface area contributed by atoms with Crippen molar-refractivity contribution >= 4 is 11.8 Å². The lowest BCUT2D eigenvalue weighted by Gasteiger charge is -2.24. The summed E-state index contributed by atoms with van der Waals surface area (Å²) >= 11 is 0. The Hall–Kier alpha value is -1.84. The summed E-state index contributed by atoms with van der Waals surface area (Å²) < 4.78 is 0. The van der Waals surface area contributed by atoms with E-state index >= 15 is 0 Å². The van der Waals surface area contributed by atoms with Crippen LogP contribution in [-0.4, -0.2) is 29.8 Å². The molecule has 0 aromatic heterocycles. The van der Waals surface area contributed by atoms with Crippen molar-refractivity contribution in [3.63, 3.8) is 0 Å². The van der Waals surface area contributed by atoms with Crippen LogP contribution in [0, 0.1) is 11.8 Å². The van der Waals surface area contributed by atoms with Crippen LogP contribution in [0.1, 0.15) is 63.4 Å². The highest BCUT2D eigenvalue weighted by Gasteiger charge is 2.16. The summed E-state index contributed by atoms with van der Waals surface area (Å²) in [5.41, 5.74) is 1.71. The zero-order valence-corrected chi connectivity index (χ0v) is 15.8. The van der Waals surface area contributed by atoms with E-state index in [1.165, 1.54) is 6.92 Å². The molecule has 4 nitrogen and oxygen atoms in total. The summed E-state index contributed by atoms with van der Waals surface area (Å²) in [6, 6.07) is 7.53. The van der Waals surface area contributed by atoms with Crippen molar-refractivity contribution < 1.29 is 9.59 Å². The molecule has 1 aromatic rings. The third-order valence-corrected chi connectivity index (χ3v) is 3.98. The molecule has 1 N–H and O–H groups in total. The second kappa shape index (κ2) is 10.1. The monoisotopic (exact) mass is 332 g/mol. The first-order valence-electron chi connectivity index (χ1n) is 8.92. The number of hydrogen-bond donors (Lipinski definition) is 1. The van der Waals surface area contributed by atoms with E-state index in [1.54, 1.807) is 0 Å². The minimum atomic E-state index is -0.0521. The maximum atomic E-state index is 12.8. The third kappa shape index (κ3) is 7.62. The van der Waals surface area contributed by atoms with E-state index in [9.17, 15) is 9.59 Å².